The van der Waals surface area contributed by atoms with Gasteiger partial charge in [0, 0.05) is 23.9 Å². The zero-order valence-electron chi connectivity index (χ0n) is 20.3. The van der Waals surface area contributed by atoms with Crippen LogP contribution in [0.25, 0.3) is 0 Å². The number of anilines is 3. The van der Waals surface area contributed by atoms with E-state index >= 15 is 0 Å². The largest absolute Gasteiger partial charge is 0.360 e. The molecule has 0 unspecified atom stereocenters. The van der Waals surface area contributed by atoms with Crippen molar-refractivity contribution in [3.63, 3.8) is 0 Å². The van der Waals surface area contributed by atoms with Crippen LogP contribution in [-0.2, 0) is 26.5 Å². The Morgan fingerprint density at radius 2 is 1.61 bits per heavy atom. The minimum atomic E-state index is -3.89. The van der Waals surface area contributed by atoms with Gasteiger partial charge in [0.25, 0.3) is 26.0 Å². The molecular weight excluding hydrogens is 528 g/mol. The highest BCUT2D eigenvalue weighted by Gasteiger charge is 2.29. The number of para-hydroxylation sites is 1. The minimum Gasteiger partial charge on any atom is -0.360 e. The number of benzene rings is 3. The monoisotopic (exact) mass is 552 g/mol. The van der Waals surface area contributed by atoms with E-state index in [1.54, 1.807) is 13.0 Å². The van der Waals surface area contributed by atoms with Crippen molar-refractivity contribution in [3.05, 3.63) is 95.7 Å². The van der Waals surface area contributed by atoms with E-state index in [-0.39, 0.29) is 21.2 Å². The van der Waals surface area contributed by atoms with Crippen molar-refractivity contribution in [1.29, 1.82) is 0 Å². The SMILES string of the molecule is Cc1cc(NS(=O)(=O)c2ccc(NC(=O)c3ccc(S(=O)(=O)N4CCCc5ccccc54)cc3)cc2)no1. The van der Waals surface area contributed by atoms with Crippen molar-refractivity contribution in [3.8, 4) is 0 Å². The predicted molar refractivity (Wildman–Crippen MR) is 142 cm³/mol. The number of amides is 1. The second kappa shape index (κ2) is 9.95. The lowest BCUT2D eigenvalue weighted by atomic mass is 10.0. The Morgan fingerprint density at radius 3 is 2.29 bits per heavy atom. The predicted octanol–water partition coefficient (Wildman–Crippen LogP) is 4.18. The van der Waals surface area contributed by atoms with Gasteiger partial charge in [0.2, 0.25) is 0 Å². The summed E-state index contributed by atoms with van der Waals surface area (Å²) in [6.45, 7) is 2.03. The third kappa shape index (κ3) is 5.13. The van der Waals surface area contributed by atoms with Crippen LogP contribution in [0.5, 0.6) is 0 Å². The van der Waals surface area contributed by atoms with Gasteiger partial charge in [-0.25, -0.2) is 16.8 Å². The Bertz CT molecular complexity index is 1700. The molecule has 0 saturated heterocycles. The van der Waals surface area contributed by atoms with Crippen molar-refractivity contribution >= 4 is 43.1 Å². The molecule has 196 valence electrons. The van der Waals surface area contributed by atoms with Crippen LogP contribution in [0.2, 0.25) is 0 Å². The van der Waals surface area contributed by atoms with Gasteiger partial charge in [-0.2, -0.15) is 0 Å². The van der Waals surface area contributed by atoms with Crippen LogP contribution in [0.3, 0.4) is 0 Å². The molecule has 2 N–H and O–H groups in total. The molecule has 38 heavy (non-hydrogen) atoms. The fraction of sp³-hybridized carbons (Fsp3) is 0.154. The van der Waals surface area contributed by atoms with Crippen LogP contribution in [-0.4, -0.2) is 34.4 Å². The maximum Gasteiger partial charge on any atom is 0.264 e. The van der Waals surface area contributed by atoms with Crippen LogP contribution < -0.4 is 14.3 Å². The summed E-state index contributed by atoms with van der Waals surface area (Å²) < 4.78 is 60.3. The molecule has 4 aromatic rings. The van der Waals surface area contributed by atoms with Crippen molar-refractivity contribution in [2.45, 2.75) is 29.6 Å². The molecular formula is C26H24N4O6S2. The number of fused-ring (bicyclic) bond motifs is 1. The average Bonchev–Trinajstić information content (AvgIpc) is 3.32. The first-order chi connectivity index (χ1) is 18.1. The van der Waals surface area contributed by atoms with E-state index in [0.29, 0.717) is 23.7 Å². The fourth-order valence-corrected chi connectivity index (χ4v) is 6.71. The molecule has 0 saturated carbocycles. The van der Waals surface area contributed by atoms with Crippen molar-refractivity contribution < 1.29 is 26.2 Å². The first-order valence-electron chi connectivity index (χ1n) is 11.7. The van der Waals surface area contributed by atoms with E-state index < -0.39 is 26.0 Å². The molecule has 3 aromatic carbocycles. The number of rotatable bonds is 7. The lowest BCUT2D eigenvalue weighted by Crippen LogP contribution is -2.35. The van der Waals surface area contributed by atoms with E-state index in [9.17, 15) is 21.6 Å². The maximum atomic E-state index is 13.3. The smallest absolute Gasteiger partial charge is 0.264 e. The lowest BCUT2D eigenvalue weighted by Gasteiger charge is -2.30. The number of aryl methyl sites for hydroxylation is 2. The van der Waals surface area contributed by atoms with Crippen LogP contribution in [0, 0.1) is 6.92 Å². The van der Waals surface area contributed by atoms with Gasteiger partial charge in [-0.15, -0.1) is 0 Å². The highest BCUT2D eigenvalue weighted by atomic mass is 32.2. The summed E-state index contributed by atoms with van der Waals surface area (Å²) in [5, 5.41) is 6.30. The summed E-state index contributed by atoms with van der Waals surface area (Å²) in [4.78, 5) is 12.8. The molecule has 2 heterocycles. The van der Waals surface area contributed by atoms with E-state index in [4.69, 9.17) is 4.52 Å². The number of aromatic nitrogens is 1. The molecule has 12 heteroatoms. The highest BCUT2D eigenvalue weighted by molar-refractivity contribution is 7.93. The van der Waals surface area contributed by atoms with Gasteiger partial charge in [0.05, 0.1) is 15.5 Å². The first kappa shape index (κ1) is 25.5. The summed E-state index contributed by atoms with van der Waals surface area (Å²) in [6, 6.07) is 20.2. The second-order valence-corrected chi connectivity index (χ2v) is 12.3. The third-order valence-electron chi connectivity index (χ3n) is 6.06. The van der Waals surface area contributed by atoms with E-state index in [1.165, 1.54) is 58.9 Å². The Labute approximate surface area is 220 Å². The van der Waals surface area contributed by atoms with Gasteiger partial charge in [0.15, 0.2) is 5.82 Å². The van der Waals surface area contributed by atoms with Gasteiger partial charge in [-0.3, -0.25) is 13.8 Å². The van der Waals surface area contributed by atoms with Gasteiger partial charge in [-0.05, 0) is 79.9 Å². The molecule has 0 aliphatic carbocycles. The van der Waals surface area contributed by atoms with Crippen molar-refractivity contribution in [2.24, 2.45) is 0 Å². The molecule has 1 aromatic heterocycles. The zero-order chi connectivity index (χ0) is 26.9. The Balaban J connectivity index is 1.27. The first-order valence-corrected chi connectivity index (χ1v) is 14.6. The average molecular weight is 553 g/mol. The fourth-order valence-electron chi connectivity index (χ4n) is 4.19. The standard InChI is InChI=1S/C26H24N4O6S2/c1-18-17-25(28-36-18)29-37(32,33)22-14-10-21(11-15-22)27-26(31)20-8-12-23(13-9-20)38(34,35)30-16-4-6-19-5-2-3-7-24(19)30/h2-3,5,7-15,17H,4,6,16H2,1H3,(H,27,31)(H,28,29). The Kier molecular flexibility index (Phi) is 6.67. The maximum absolute atomic E-state index is 13.3. The van der Waals surface area contributed by atoms with E-state index in [2.05, 4.69) is 15.2 Å². The van der Waals surface area contributed by atoms with Gasteiger partial charge in [-0.1, -0.05) is 23.4 Å². The van der Waals surface area contributed by atoms with E-state index in [0.717, 1.165) is 18.4 Å². The molecule has 10 nitrogen and oxygen atoms in total. The molecule has 1 aliphatic rings. The van der Waals surface area contributed by atoms with Crippen molar-refractivity contribution in [1.82, 2.24) is 5.16 Å². The molecule has 1 amide bonds. The summed E-state index contributed by atoms with van der Waals surface area (Å²) >= 11 is 0. The molecule has 0 bridgehead atoms. The number of carbonyl (C=O) groups excluding carboxylic acids is 1. The summed E-state index contributed by atoms with van der Waals surface area (Å²) in [7, 11) is -7.68. The van der Waals surface area contributed by atoms with Gasteiger partial charge >= 0.3 is 0 Å². The molecule has 0 radical (unpaired) electrons. The zero-order valence-corrected chi connectivity index (χ0v) is 21.9. The summed E-state index contributed by atoms with van der Waals surface area (Å²) in [5.74, 6) is 0.0575. The molecule has 5 rings (SSSR count). The van der Waals surface area contributed by atoms with Crippen LogP contribution in [0.4, 0.5) is 17.2 Å². The van der Waals surface area contributed by atoms with E-state index in [1.807, 2.05) is 18.2 Å². The van der Waals surface area contributed by atoms with Gasteiger partial charge in [0.1, 0.15) is 5.76 Å². The number of nitrogens with one attached hydrogen (secondary N) is 2. The van der Waals surface area contributed by atoms with Gasteiger partial charge < -0.3 is 9.84 Å². The van der Waals surface area contributed by atoms with Crippen molar-refractivity contribution in [2.75, 3.05) is 20.9 Å². The topological polar surface area (TPSA) is 139 Å². The summed E-state index contributed by atoms with van der Waals surface area (Å²) in [5.41, 5.74) is 2.29. The number of hydrogen-bond donors (Lipinski definition) is 2. The van der Waals surface area contributed by atoms with Crippen LogP contribution in [0.1, 0.15) is 28.1 Å². The minimum absolute atomic E-state index is 0.0232. The molecule has 0 atom stereocenters. The second-order valence-electron chi connectivity index (χ2n) is 8.74. The number of hydrogen-bond acceptors (Lipinski definition) is 7. The molecule has 0 spiro atoms. The normalized spacial score (nSPS) is 13.6. The number of carbonyl (C=O) groups is 1. The summed E-state index contributed by atoms with van der Waals surface area (Å²) in [6.07, 6.45) is 1.55. The number of nitrogens with zero attached hydrogens (tertiary/aromatic N) is 2. The molecule has 1 aliphatic heterocycles. The Morgan fingerprint density at radius 1 is 0.921 bits per heavy atom. The third-order valence-corrected chi connectivity index (χ3v) is 9.26. The van der Waals surface area contributed by atoms with Crippen LogP contribution >= 0.6 is 0 Å². The highest BCUT2D eigenvalue weighted by Crippen LogP contribution is 2.32. The number of sulfonamides is 2. The lowest BCUT2D eigenvalue weighted by molar-refractivity contribution is 0.102. The quantitative estimate of drug-likeness (QED) is 0.351. The van der Waals surface area contributed by atoms with Crippen LogP contribution in [0.15, 0.2) is 93.2 Å². The Hall–Kier alpha value is -4.16. The molecule has 0 fully saturated rings.